The van der Waals surface area contributed by atoms with E-state index in [9.17, 15) is 4.79 Å². The number of nitrogens with zero attached hydrogens (tertiary/aromatic N) is 6. The van der Waals surface area contributed by atoms with Crippen molar-refractivity contribution < 1.29 is 14.3 Å². The number of rotatable bonds is 5. The molecular weight excluding hydrogens is 396 g/mol. The van der Waals surface area contributed by atoms with Crippen molar-refractivity contribution in [1.29, 1.82) is 0 Å². The molecular formula is C22H26N6O3. The van der Waals surface area contributed by atoms with E-state index in [1.54, 1.807) is 38.7 Å². The standard InChI is InChI=1S/C22H26N6O3/c1-4-26-13-25-19-20(26)23-12-24-21(19)27-8-14-10-28(11-15(14)9-27)22(29)17-7-16(30-2)5-6-18(17)31-3/h5-7,12-15H,4,8-11H2,1-3H3. The zero-order chi connectivity index (χ0) is 21.5. The van der Waals surface area contributed by atoms with E-state index in [1.807, 2.05) is 15.8 Å². The first-order chi connectivity index (χ1) is 15.1. The van der Waals surface area contributed by atoms with Gasteiger partial charge in [-0.2, -0.15) is 0 Å². The number of ether oxygens (including phenoxy) is 2. The zero-order valence-corrected chi connectivity index (χ0v) is 18.0. The number of fused-ring (bicyclic) bond motifs is 2. The van der Waals surface area contributed by atoms with Crippen molar-refractivity contribution in [3.8, 4) is 11.5 Å². The molecule has 0 bridgehead atoms. The molecule has 1 aromatic carbocycles. The molecule has 5 rings (SSSR count). The van der Waals surface area contributed by atoms with Gasteiger partial charge in [-0.15, -0.1) is 0 Å². The molecule has 2 aliphatic heterocycles. The molecule has 31 heavy (non-hydrogen) atoms. The number of carbonyl (C=O) groups excluding carboxylic acids is 1. The average Bonchev–Trinajstić information content (AvgIpc) is 3.50. The van der Waals surface area contributed by atoms with Crippen molar-refractivity contribution in [3.05, 3.63) is 36.4 Å². The fraction of sp³-hybridized carbons (Fsp3) is 0.455. The average molecular weight is 422 g/mol. The summed E-state index contributed by atoms with van der Waals surface area (Å²) in [7, 11) is 3.18. The smallest absolute Gasteiger partial charge is 0.257 e. The van der Waals surface area contributed by atoms with Crippen LogP contribution in [0.25, 0.3) is 11.2 Å². The maximum atomic E-state index is 13.2. The van der Waals surface area contributed by atoms with Gasteiger partial charge in [0, 0.05) is 44.6 Å². The lowest BCUT2D eigenvalue weighted by molar-refractivity contribution is 0.0779. The molecule has 0 spiro atoms. The number of anilines is 1. The molecule has 2 aliphatic rings. The Morgan fingerprint density at radius 1 is 1.06 bits per heavy atom. The third-order valence-corrected chi connectivity index (χ3v) is 6.43. The van der Waals surface area contributed by atoms with Gasteiger partial charge in [-0.1, -0.05) is 0 Å². The van der Waals surface area contributed by atoms with E-state index >= 15 is 0 Å². The van der Waals surface area contributed by atoms with Crippen LogP contribution in [0.2, 0.25) is 0 Å². The monoisotopic (exact) mass is 422 g/mol. The SMILES string of the molecule is CCn1cnc2c(N3CC4CN(C(=O)c5cc(OC)ccc5OC)CC4C3)ncnc21. The summed E-state index contributed by atoms with van der Waals surface area (Å²) in [4.78, 5) is 31.0. The van der Waals surface area contributed by atoms with E-state index in [2.05, 4.69) is 26.8 Å². The van der Waals surface area contributed by atoms with Gasteiger partial charge >= 0.3 is 0 Å². The zero-order valence-electron chi connectivity index (χ0n) is 18.0. The number of aromatic nitrogens is 4. The van der Waals surface area contributed by atoms with Crippen LogP contribution in [0, 0.1) is 11.8 Å². The Hall–Kier alpha value is -3.36. The van der Waals surface area contributed by atoms with Gasteiger partial charge in [0.2, 0.25) is 0 Å². The molecule has 9 heteroatoms. The van der Waals surface area contributed by atoms with E-state index in [4.69, 9.17) is 9.47 Å². The van der Waals surface area contributed by atoms with Crippen molar-refractivity contribution in [2.75, 3.05) is 45.3 Å². The summed E-state index contributed by atoms with van der Waals surface area (Å²) in [6.07, 6.45) is 3.44. The van der Waals surface area contributed by atoms with Crippen molar-refractivity contribution in [1.82, 2.24) is 24.4 Å². The molecule has 162 valence electrons. The molecule has 2 fully saturated rings. The van der Waals surface area contributed by atoms with Crippen LogP contribution in [0.1, 0.15) is 17.3 Å². The van der Waals surface area contributed by atoms with E-state index in [-0.39, 0.29) is 5.91 Å². The lowest BCUT2D eigenvalue weighted by atomic mass is 10.0. The maximum Gasteiger partial charge on any atom is 0.257 e. The molecule has 4 heterocycles. The van der Waals surface area contributed by atoms with Crippen molar-refractivity contribution in [3.63, 3.8) is 0 Å². The first kappa shape index (κ1) is 19.6. The fourth-order valence-corrected chi connectivity index (χ4v) is 4.81. The third-order valence-electron chi connectivity index (χ3n) is 6.43. The predicted molar refractivity (Wildman–Crippen MR) is 116 cm³/mol. The van der Waals surface area contributed by atoms with Gasteiger partial charge in [0.1, 0.15) is 17.8 Å². The van der Waals surface area contributed by atoms with Gasteiger partial charge in [0.05, 0.1) is 26.1 Å². The van der Waals surface area contributed by atoms with Gasteiger partial charge in [0.25, 0.3) is 5.91 Å². The molecule has 0 N–H and O–H groups in total. The van der Waals surface area contributed by atoms with E-state index in [0.717, 1.165) is 49.7 Å². The number of methoxy groups -OCH3 is 2. The third kappa shape index (κ3) is 3.24. The summed E-state index contributed by atoms with van der Waals surface area (Å²) >= 11 is 0. The van der Waals surface area contributed by atoms with Gasteiger partial charge < -0.3 is 23.8 Å². The second-order valence-electron chi connectivity index (χ2n) is 8.10. The summed E-state index contributed by atoms with van der Waals surface area (Å²) in [6.45, 7) is 6.05. The van der Waals surface area contributed by atoms with Gasteiger partial charge in [-0.05, 0) is 25.1 Å². The molecule has 3 aromatic rings. The predicted octanol–water partition coefficient (Wildman–Crippen LogP) is 2.07. The molecule has 9 nitrogen and oxygen atoms in total. The Bertz CT molecular complexity index is 1120. The summed E-state index contributed by atoms with van der Waals surface area (Å²) < 4.78 is 12.7. The number of carbonyl (C=O) groups is 1. The van der Waals surface area contributed by atoms with Crippen molar-refractivity contribution in [2.45, 2.75) is 13.5 Å². The van der Waals surface area contributed by atoms with Crippen LogP contribution in [-0.2, 0) is 6.54 Å². The molecule has 1 amide bonds. The number of hydrogen-bond acceptors (Lipinski definition) is 7. The molecule has 0 aliphatic carbocycles. The first-order valence-electron chi connectivity index (χ1n) is 10.5. The number of aryl methyl sites for hydroxylation is 1. The molecule has 0 radical (unpaired) electrons. The Kier molecular flexibility index (Phi) is 4.88. The molecule has 2 aromatic heterocycles. The molecule has 2 saturated heterocycles. The van der Waals surface area contributed by atoms with Crippen LogP contribution in [0.5, 0.6) is 11.5 Å². The summed E-state index contributed by atoms with van der Waals surface area (Å²) in [6, 6.07) is 5.33. The molecule has 2 unspecified atom stereocenters. The van der Waals surface area contributed by atoms with Gasteiger partial charge in [-0.25, -0.2) is 15.0 Å². The van der Waals surface area contributed by atoms with E-state index < -0.39 is 0 Å². The summed E-state index contributed by atoms with van der Waals surface area (Å²) in [5.41, 5.74) is 2.26. The number of amides is 1. The van der Waals surface area contributed by atoms with E-state index in [1.165, 1.54) is 0 Å². The van der Waals surface area contributed by atoms with E-state index in [0.29, 0.717) is 28.9 Å². The second kappa shape index (κ2) is 7.72. The number of likely N-dealkylation sites (tertiary alicyclic amines) is 1. The lowest BCUT2D eigenvalue weighted by Gasteiger charge is -2.23. The maximum absolute atomic E-state index is 13.2. The molecule has 2 atom stereocenters. The Labute approximate surface area is 180 Å². The lowest BCUT2D eigenvalue weighted by Crippen LogP contribution is -2.33. The quantitative estimate of drug-likeness (QED) is 0.622. The second-order valence-corrected chi connectivity index (χ2v) is 8.10. The van der Waals surface area contributed by atoms with Gasteiger partial charge in [-0.3, -0.25) is 4.79 Å². The minimum absolute atomic E-state index is 0.0113. The normalized spacial score (nSPS) is 20.4. The highest BCUT2D eigenvalue weighted by Crippen LogP contribution is 2.36. The van der Waals surface area contributed by atoms with Crippen LogP contribution in [0.3, 0.4) is 0 Å². The molecule has 0 saturated carbocycles. The summed E-state index contributed by atoms with van der Waals surface area (Å²) in [5.74, 6) is 2.90. The Balaban J connectivity index is 1.33. The minimum atomic E-state index is -0.0113. The Morgan fingerprint density at radius 3 is 2.52 bits per heavy atom. The number of benzene rings is 1. The van der Waals surface area contributed by atoms with Crippen molar-refractivity contribution in [2.24, 2.45) is 11.8 Å². The first-order valence-corrected chi connectivity index (χ1v) is 10.5. The summed E-state index contributed by atoms with van der Waals surface area (Å²) in [5, 5.41) is 0. The highest BCUT2D eigenvalue weighted by Gasteiger charge is 2.43. The fourth-order valence-electron chi connectivity index (χ4n) is 4.81. The Morgan fingerprint density at radius 2 is 1.84 bits per heavy atom. The van der Waals surface area contributed by atoms with Crippen LogP contribution in [0.15, 0.2) is 30.9 Å². The van der Waals surface area contributed by atoms with Gasteiger partial charge in [0.15, 0.2) is 17.0 Å². The van der Waals surface area contributed by atoms with Crippen LogP contribution in [0.4, 0.5) is 5.82 Å². The number of imidazole rings is 1. The highest BCUT2D eigenvalue weighted by atomic mass is 16.5. The van der Waals surface area contributed by atoms with Crippen LogP contribution >= 0.6 is 0 Å². The topological polar surface area (TPSA) is 85.6 Å². The van der Waals surface area contributed by atoms with Crippen molar-refractivity contribution >= 4 is 22.9 Å². The van der Waals surface area contributed by atoms with Crippen LogP contribution < -0.4 is 14.4 Å². The highest BCUT2D eigenvalue weighted by molar-refractivity contribution is 5.97. The van der Waals surface area contributed by atoms with Crippen LogP contribution in [-0.4, -0.2) is 70.7 Å². The number of hydrogen-bond donors (Lipinski definition) is 0. The minimum Gasteiger partial charge on any atom is -0.497 e. The largest absolute Gasteiger partial charge is 0.497 e.